The molecule has 154 valence electrons. The first-order chi connectivity index (χ1) is 13.9. The number of pyridine rings is 1. The van der Waals surface area contributed by atoms with Crippen molar-refractivity contribution in [3.8, 4) is 23.4 Å². The van der Waals surface area contributed by atoms with E-state index in [1.54, 1.807) is 19.2 Å². The van der Waals surface area contributed by atoms with Gasteiger partial charge in [0.1, 0.15) is 11.6 Å². The van der Waals surface area contributed by atoms with Gasteiger partial charge in [-0.05, 0) is 43.0 Å². The first-order valence-electron chi connectivity index (χ1n) is 9.50. The van der Waals surface area contributed by atoms with Gasteiger partial charge in [-0.3, -0.25) is 14.2 Å². The fraction of sp³-hybridized carbons (Fsp3) is 0.409. The second-order valence-corrected chi connectivity index (χ2v) is 6.73. The highest BCUT2D eigenvalue weighted by Crippen LogP contribution is 2.28. The van der Waals surface area contributed by atoms with Crippen molar-refractivity contribution in [1.82, 2.24) is 4.57 Å². The van der Waals surface area contributed by atoms with Gasteiger partial charge in [0, 0.05) is 13.0 Å². The maximum atomic E-state index is 12.7. The van der Waals surface area contributed by atoms with Crippen LogP contribution in [0.1, 0.15) is 53.2 Å². The maximum absolute atomic E-state index is 12.7. The van der Waals surface area contributed by atoms with Crippen molar-refractivity contribution in [2.75, 3.05) is 14.2 Å². The summed E-state index contributed by atoms with van der Waals surface area (Å²) in [6.45, 7) is 3.60. The Morgan fingerprint density at radius 3 is 2.52 bits per heavy atom. The molecule has 7 nitrogen and oxygen atoms in total. The molecule has 0 aliphatic carbocycles. The zero-order valence-electron chi connectivity index (χ0n) is 17.2. The molecule has 2 rings (SSSR count). The summed E-state index contributed by atoms with van der Waals surface area (Å²) in [4.78, 5) is 25.3. The van der Waals surface area contributed by atoms with Gasteiger partial charge in [-0.2, -0.15) is 5.26 Å². The van der Waals surface area contributed by atoms with Crippen molar-refractivity contribution < 1.29 is 19.4 Å². The summed E-state index contributed by atoms with van der Waals surface area (Å²) in [5, 5.41) is 20.1. The van der Waals surface area contributed by atoms with Gasteiger partial charge in [-0.15, -0.1) is 0 Å². The molecule has 0 aliphatic rings. The fourth-order valence-electron chi connectivity index (χ4n) is 3.23. The number of ether oxygens (including phenoxy) is 2. The number of nitrogens with zero attached hydrogens (tertiary/aromatic N) is 2. The average Bonchev–Trinajstić information content (AvgIpc) is 2.72. The number of ketones is 1. The van der Waals surface area contributed by atoms with Crippen LogP contribution in [0, 0.1) is 18.3 Å². The summed E-state index contributed by atoms with van der Waals surface area (Å²) in [6.07, 6.45) is 2.15. The van der Waals surface area contributed by atoms with E-state index in [0.717, 1.165) is 16.6 Å². The van der Waals surface area contributed by atoms with Gasteiger partial charge < -0.3 is 14.6 Å². The van der Waals surface area contributed by atoms with Crippen molar-refractivity contribution >= 4 is 5.78 Å². The van der Waals surface area contributed by atoms with E-state index >= 15 is 0 Å². The van der Waals surface area contributed by atoms with E-state index in [0.29, 0.717) is 24.3 Å². The van der Waals surface area contributed by atoms with Crippen molar-refractivity contribution in [3.05, 3.63) is 50.8 Å². The number of aromatic hydroxyl groups is 1. The Hall–Kier alpha value is -3.27. The summed E-state index contributed by atoms with van der Waals surface area (Å²) >= 11 is 0. The lowest BCUT2D eigenvalue weighted by molar-refractivity contribution is 0.0974. The lowest BCUT2D eigenvalue weighted by Gasteiger charge is -2.16. The number of unbranched alkanes of at least 4 members (excludes halogenated alkanes) is 1. The Labute approximate surface area is 170 Å². The number of aromatic nitrogens is 1. The number of aryl methyl sites for hydroxylation is 1. The second-order valence-electron chi connectivity index (χ2n) is 6.73. The Bertz CT molecular complexity index is 1000. The number of Topliss-reactive ketones (excluding diaryl/α,β-unsaturated/α-hetero) is 1. The number of nitriles is 1. The summed E-state index contributed by atoms with van der Waals surface area (Å²) in [5.41, 5.74) is 0.428. The molecule has 0 amide bonds. The van der Waals surface area contributed by atoms with Crippen LogP contribution in [0.3, 0.4) is 0 Å². The standard InChI is InChI=1S/C22H26N2O5/c1-5-6-7-17(25)20-14(2)16(13-23)21(26)24(22(20)27)11-10-15-8-9-18(28-3)19(12-15)29-4/h8-9,12,27H,5-7,10-11H2,1-4H3. The number of rotatable bonds is 9. The van der Waals surface area contributed by atoms with Crippen LogP contribution >= 0.6 is 0 Å². The third kappa shape index (κ3) is 4.60. The molecule has 2 aromatic rings. The van der Waals surface area contributed by atoms with Gasteiger partial charge in [0.2, 0.25) is 5.88 Å². The summed E-state index contributed by atoms with van der Waals surface area (Å²) in [5.74, 6) is 0.493. The molecule has 7 heteroatoms. The molecule has 0 saturated heterocycles. The quantitative estimate of drug-likeness (QED) is 0.650. The predicted octanol–water partition coefficient (Wildman–Crippen LogP) is 3.37. The SMILES string of the molecule is CCCCC(=O)c1c(C)c(C#N)c(=O)n(CCc2ccc(OC)c(OC)c2)c1O. The lowest BCUT2D eigenvalue weighted by atomic mass is 9.98. The molecule has 0 aliphatic heterocycles. The first-order valence-corrected chi connectivity index (χ1v) is 9.50. The summed E-state index contributed by atoms with van der Waals surface area (Å²) < 4.78 is 11.6. The molecular formula is C22H26N2O5. The number of carbonyl (C=O) groups excluding carboxylic acids is 1. The smallest absolute Gasteiger partial charge is 0.271 e. The molecule has 29 heavy (non-hydrogen) atoms. The third-order valence-corrected chi connectivity index (χ3v) is 4.91. The molecule has 0 atom stereocenters. The highest BCUT2D eigenvalue weighted by molar-refractivity contribution is 5.99. The lowest BCUT2D eigenvalue weighted by Crippen LogP contribution is -2.27. The molecule has 0 saturated carbocycles. The van der Waals surface area contributed by atoms with Crippen molar-refractivity contribution in [2.24, 2.45) is 0 Å². The summed E-state index contributed by atoms with van der Waals surface area (Å²) in [7, 11) is 3.08. The van der Waals surface area contributed by atoms with Gasteiger partial charge in [-0.1, -0.05) is 19.4 Å². The molecule has 1 heterocycles. The van der Waals surface area contributed by atoms with Crippen LogP contribution in [0.5, 0.6) is 17.4 Å². The maximum Gasteiger partial charge on any atom is 0.271 e. The molecule has 1 N–H and O–H groups in total. The first kappa shape index (κ1) is 22.0. The summed E-state index contributed by atoms with van der Waals surface area (Å²) in [6, 6.07) is 7.25. The Kier molecular flexibility index (Phi) is 7.43. The fourth-order valence-corrected chi connectivity index (χ4v) is 3.23. The topological polar surface area (TPSA) is 102 Å². The van der Waals surface area contributed by atoms with E-state index in [-0.39, 0.29) is 41.3 Å². The highest BCUT2D eigenvalue weighted by atomic mass is 16.5. The van der Waals surface area contributed by atoms with Crippen LogP contribution in [0.15, 0.2) is 23.0 Å². The Morgan fingerprint density at radius 2 is 1.93 bits per heavy atom. The third-order valence-electron chi connectivity index (χ3n) is 4.91. The molecular weight excluding hydrogens is 372 g/mol. The largest absolute Gasteiger partial charge is 0.494 e. The van der Waals surface area contributed by atoms with E-state index in [2.05, 4.69) is 0 Å². The molecule has 0 radical (unpaired) electrons. The number of methoxy groups -OCH3 is 2. The zero-order valence-corrected chi connectivity index (χ0v) is 17.2. The van der Waals surface area contributed by atoms with Crippen molar-refractivity contribution in [2.45, 2.75) is 46.1 Å². The average molecular weight is 398 g/mol. The monoisotopic (exact) mass is 398 g/mol. The Morgan fingerprint density at radius 1 is 1.24 bits per heavy atom. The van der Waals surface area contributed by atoms with Gasteiger partial charge in [0.25, 0.3) is 5.56 Å². The normalized spacial score (nSPS) is 10.4. The van der Waals surface area contributed by atoms with E-state index < -0.39 is 5.56 Å². The molecule has 1 aromatic heterocycles. The van der Waals surface area contributed by atoms with E-state index in [9.17, 15) is 20.0 Å². The second kappa shape index (κ2) is 9.78. The minimum Gasteiger partial charge on any atom is -0.494 e. The molecule has 1 aromatic carbocycles. The van der Waals surface area contributed by atoms with E-state index in [1.165, 1.54) is 14.0 Å². The number of carbonyl (C=O) groups is 1. The number of hydrogen-bond acceptors (Lipinski definition) is 6. The molecule has 0 unspecified atom stereocenters. The predicted molar refractivity (Wildman–Crippen MR) is 109 cm³/mol. The number of hydrogen-bond donors (Lipinski definition) is 1. The van der Waals surface area contributed by atoms with Crippen LogP contribution in [0.25, 0.3) is 0 Å². The van der Waals surface area contributed by atoms with Crippen LogP contribution in [0.2, 0.25) is 0 Å². The van der Waals surface area contributed by atoms with Crippen molar-refractivity contribution in [1.29, 1.82) is 5.26 Å². The van der Waals surface area contributed by atoms with Crippen LogP contribution in [0.4, 0.5) is 0 Å². The van der Waals surface area contributed by atoms with E-state index in [1.807, 2.05) is 19.1 Å². The minimum atomic E-state index is -0.602. The van der Waals surface area contributed by atoms with Crippen molar-refractivity contribution in [3.63, 3.8) is 0 Å². The Balaban J connectivity index is 2.44. The van der Waals surface area contributed by atoms with Crippen LogP contribution in [-0.2, 0) is 13.0 Å². The van der Waals surface area contributed by atoms with Gasteiger partial charge in [-0.25, -0.2) is 0 Å². The van der Waals surface area contributed by atoms with Crippen LogP contribution in [-0.4, -0.2) is 29.7 Å². The molecule has 0 bridgehead atoms. The van der Waals surface area contributed by atoms with Gasteiger partial charge in [0.05, 0.1) is 19.8 Å². The molecule has 0 fully saturated rings. The molecule has 0 spiro atoms. The number of benzene rings is 1. The highest BCUT2D eigenvalue weighted by Gasteiger charge is 2.23. The zero-order chi connectivity index (χ0) is 21.6. The van der Waals surface area contributed by atoms with Gasteiger partial charge in [0.15, 0.2) is 17.3 Å². The minimum absolute atomic E-state index is 0.0573. The van der Waals surface area contributed by atoms with E-state index in [4.69, 9.17) is 9.47 Å². The van der Waals surface area contributed by atoms with Gasteiger partial charge >= 0.3 is 0 Å². The van der Waals surface area contributed by atoms with Crippen LogP contribution < -0.4 is 15.0 Å².